The Hall–Kier alpha value is -1.70. The zero-order chi connectivity index (χ0) is 17.8. The van der Waals surface area contributed by atoms with Gasteiger partial charge in [-0.2, -0.15) is 5.10 Å². The second kappa shape index (κ2) is 8.33. The second-order valence-corrected chi connectivity index (χ2v) is 8.04. The van der Waals surface area contributed by atoms with Crippen LogP contribution >= 0.6 is 11.3 Å². The number of aryl methyl sites for hydroxylation is 1. The first-order chi connectivity index (χ1) is 12.8. The van der Waals surface area contributed by atoms with Crippen molar-refractivity contribution >= 4 is 17.2 Å². The van der Waals surface area contributed by atoms with Crippen LogP contribution in [-0.2, 0) is 11.3 Å². The number of ether oxygens (including phenoxy) is 1. The lowest BCUT2D eigenvalue weighted by molar-refractivity contribution is 0.0306. The van der Waals surface area contributed by atoms with E-state index < -0.39 is 0 Å². The molecule has 6 nitrogen and oxygen atoms in total. The fourth-order valence-corrected chi connectivity index (χ4v) is 5.00. The van der Waals surface area contributed by atoms with Gasteiger partial charge >= 0.3 is 0 Å². The summed E-state index contributed by atoms with van der Waals surface area (Å²) >= 11 is 1.68. The highest BCUT2D eigenvalue weighted by Gasteiger charge is 2.28. The van der Waals surface area contributed by atoms with E-state index in [2.05, 4.69) is 16.1 Å². The van der Waals surface area contributed by atoms with Crippen LogP contribution in [0.5, 0.6) is 0 Å². The molecule has 2 saturated heterocycles. The smallest absolute Gasteiger partial charge is 0.264 e. The minimum absolute atomic E-state index is 0.160. The number of amides is 1. The summed E-state index contributed by atoms with van der Waals surface area (Å²) in [6.45, 7) is 5.89. The Morgan fingerprint density at radius 2 is 2.12 bits per heavy atom. The van der Waals surface area contributed by atoms with E-state index in [0.29, 0.717) is 32.3 Å². The molecule has 4 heterocycles. The Morgan fingerprint density at radius 1 is 1.23 bits per heavy atom. The Labute approximate surface area is 158 Å². The predicted octanol–water partition coefficient (Wildman–Crippen LogP) is 2.64. The molecule has 2 aromatic heterocycles. The van der Waals surface area contributed by atoms with Crippen molar-refractivity contribution in [3.05, 3.63) is 40.3 Å². The van der Waals surface area contributed by atoms with Crippen LogP contribution in [0, 0.1) is 0 Å². The highest BCUT2D eigenvalue weighted by atomic mass is 32.1. The number of hydrogen-bond acceptors (Lipinski definition) is 5. The van der Waals surface area contributed by atoms with Crippen molar-refractivity contribution < 1.29 is 9.53 Å². The number of aromatic nitrogens is 2. The number of likely N-dealkylation sites (tertiary alicyclic amines) is 1. The lowest BCUT2D eigenvalue weighted by Crippen LogP contribution is -2.40. The van der Waals surface area contributed by atoms with E-state index in [1.807, 2.05) is 34.1 Å². The van der Waals surface area contributed by atoms with Gasteiger partial charge in [0.1, 0.15) is 0 Å². The standard InChI is InChI=1S/C19H26N4O2S/c24-19(22-12-14-25-15-13-22)18-6-5-17(26-18)16-4-1-8-21(16)9-3-11-23-10-2-7-20-23/h2,5-7,10,16H,1,3-4,8-9,11-15H2/t16-/m0/s1. The average Bonchev–Trinajstić information content (AvgIpc) is 3.43. The van der Waals surface area contributed by atoms with Crippen LogP contribution in [0.4, 0.5) is 0 Å². The van der Waals surface area contributed by atoms with Gasteiger partial charge < -0.3 is 9.64 Å². The summed E-state index contributed by atoms with van der Waals surface area (Å²) in [4.78, 5) is 19.3. The summed E-state index contributed by atoms with van der Waals surface area (Å²) in [6.07, 6.45) is 7.37. The summed E-state index contributed by atoms with van der Waals surface area (Å²) in [6, 6.07) is 6.60. The molecule has 4 rings (SSSR count). The molecule has 0 N–H and O–H groups in total. The molecule has 2 fully saturated rings. The molecular formula is C19H26N4O2S. The highest BCUT2D eigenvalue weighted by molar-refractivity contribution is 7.14. The molecule has 140 valence electrons. The number of morpholine rings is 1. The molecule has 0 aromatic carbocycles. The Bertz CT molecular complexity index is 709. The van der Waals surface area contributed by atoms with E-state index in [-0.39, 0.29) is 5.91 Å². The maximum atomic E-state index is 12.7. The van der Waals surface area contributed by atoms with Gasteiger partial charge in [-0.1, -0.05) is 0 Å². The fourth-order valence-electron chi connectivity index (χ4n) is 3.85. The lowest BCUT2D eigenvalue weighted by Gasteiger charge is -2.26. The van der Waals surface area contributed by atoms with Crippen molar-refractivity contribution in [1.82, 2.24) is 19.6 Å². The first kappa shape index (κ1) is 17.7. The summed E-state index contributed by atoms with van der Waals surface area (Å²) < 4.78 is 7.34. The van der Waals surface area contributed by atoms with Gasteiger partial charge in [0, 0.05) is 49.5 Å². The van der Waals surface area contributed by atoms with Crippen LogP contribution in [0.3, 0.4) is 0 Å². The maximum Gasteiger partial charge on any atom is 0.264 e. The molecule has 7 heteroatoms. The molecule has 2 aliphatic heterocycles. The molecule has 0 unspecified atom stereocenters. The van der Waals surface area contributed by atoms with Gasteiger partial charge in [-0.25, -0.2) is 0 Å². The fraction of sp³-hybridized carbons (Fsp3) is 0.579. The molecule has 0 spiro atoms. The lowest BCUT2D eigenvalue weighted by atomic mass is 10.2. The third-order valence-corrected chi connectivity index (χ3v) is 6.39. The molecule has 0 saturated carbocycles. The molecule has 0 aliphatic carbocycles. The van der Waals surface area contributed by atoms with Crippen molar-refractivity contribution in [3.63, 3.8) is 0 Å². The van der Waals surface area contributed by atoms with Crippen molar-refractivity contribution in [2.75, 3.05) is 39.4 Å². The third-order valence-electron chi connectivity index (χ3n) is 5.22. The quantitative estimate of drug-likeness (QED) is 0.780. The third kappa shape index (κ3) is 4.00. The SMILES string of the molecule is O=C(c1ccc([C@@H]2CCCN2CCCn2cccn2)s1)N1CCOCC1. The van der Waals surface area contributed by atoms with Crippen molar-refractivity contribution in [2.45, 2.75) is 31.8 Å². The van der Waals surface area contributed by atoms with E-state index in [1.54, 1.807) is 11.3 Å². The van der Waals surface area contributed by atoms with E-state index in [4.69, 9.17) is 4.74 Å². The molecule has 0 radical (unpaired) electrons. The first-order valence-corrected chi connectivity index (χ1v) is 10.3. The van der Waals surface area contributed by atoms with Gasteiger partial charge in [-0.3, -0.25) is 14.4 Å². The summed E-state index contributed by atoms with van der Waals surface area (Å²) in [5.41, 5.74) is 0. The van der Waals surface area contributed by atoms with Gasteiger partial charge in [-0.15, -0.1) is 11.3 Å². The normalized spacial score (nSPS) is 21.4. The summed E-state index contributed by atoms with van der Waals surface area (Å²) in [5, 5.41) is 4.27. The first-order valence-electron chi connectivity index (χ1n) is 9.49. The zero-order valence-corrected chi connectivity index (χ0v) is 15.9. The molecule has 26 heavy (non-hydrogen) atoms. The summed E-state index contributed by atoms with van der Waals surface area (Å²) in [5.74, 6) is 0.160. The molecule has 1 amide bonds. The van der Waals surface area contributed by atoms with E-state index in [1.165, 1.54) is 17.7 Å². The van der Waals surface area contributed by atoms with Crippen LogP contribution in [0.25, 0.3) is 0 Å². The van der Waals surface area contributed by atoms with Gasteiger partial charge in [0.15, 0.2) is 0 Å². The van der Waals surface area contributed by atoms with Crippen LogP contribution in [0.15, 0.2) is 30.6 Å². The summed E-state index contributed by atoms with van der Waals surface area (Å²) in [7, 11) is 0. The minimum atomic E-state index is 0.160. The van der Waals surface area contributed by atoms with E-state index in [9.17, 15) is 4.79 Å². The number of carbonyl (C=O) groups excluding carboxylic acids is 1. The van der Waals surface area contributed by atoms with Crippen LogP contribution in [-0.4, -0.2) is 64.9 Å². The molecule has 2 aliphatic rings. The molecular weight excluding hydrogens is 348 g/mol. The van der Waals surface area contributed by atoms with Crippen LogP contribution in [0.1, 0.15) is 39.9 Å². The number of carbonyl (C=O) groups is 1. The average molecular weight is 375 g/mol. The van der Waals surface area contributed by atoms with Gasteiger partial charge in [-0.05, 0) is 44.0 Å². The Balaban J connectivity index is 1.35. The van der Waals surface area contributed by atoms with E-state index >= 15 is 0 Å². The molecule has 2 aromatic rings. The van der Waals surface area contributed by atoms with Crippen molar-refractivity contribution in [2.24, 2.45) is 0 Å². The van der Waals surface area contributed by atoms with Crippen LogP contribution in [0.2, 0.25) is 0 Å². The Kier molecular flexibility index (Phi) is 5.67. The van der Waals surface area contributed by atoms with E-state index in [0.717, 1.165) is 30.9 Å². The van der Waals surface area contributed by atoms with Gasteiger partial charge in [0.2, 0.25) is 0 Å². The van der Waals surface area contributed by atoms with Crippen molar-refractivity contribution in [3.8, 4) is 0 Å². The number of nitrogens with zero attached hydrogens (tertiary/aromatic N) is 4. The zero-order valence-electron chi connectivity index (χ0n) is 15.0. The number of rotatable bonds is 6. The topological polar surface area (TPSA) is 50.6 Å². The van der Waals surface area contributed by atoms with Gasteiger partial charge in [0.25, 0.3) is 5.91 Å². The highest BCUT2D eigenvalue weighted by Crippen LogP contribution is 2.36. The van der Waals surface area contributed by atoms with Crippen LogP contribution < -0.4 is 0 Å². The Morgan fingerprint density at radius 3 is 2.92 bits per heavy atom. The van der Waals surface area contributed by atoms with Gasteiger partial charge in [0.05, 0.1) is 18.1 Å². The predicted molar refractivity (Wildman–Crippen MR) is 101 cm³/mol. The maximum absolute atomic E-state index is 12.7. The molecule has 0 bridgehead atoms. The minimum Gasteiger partial charge on any atom is -0.378 e. The monoisotopic (exact) mass is 374 g/mol. The van der Waals surface area contributed by atoms with Crippen molar-refractivity contribution in [1.29, 1.82) is 0 Å². The largest absolute Gasteiger partial charge is 0.378 e. The number of hydrogen-bond donors (Lipinski definition) is 0. The number of thiophene rings is 1. The molecule has 1 atom stereocenters. The second-order valence-electron chi connectivity index (χ2n) is 6.92.